The summed E-state index contributed by atoms with van der Waals surface area (Å²) in [4.78, 5) is 12.2. The Hall–Kier alpha value is -1.37. The quantitative estimate of drug-likeness (QED) is 0.772. The Morgan fingerprint density at radius 1 is 1.11 bits per heavy atom. The summed E-state index contributed by atoms with van der Waals surface area (Å²) in [6.07, 6.45) is 7.13. The minimum Gasteiger partial charge on any atom is -0.294 e. The molecule has 0 heterocycles. The maximum atomic E-state index is 12.2. The number of allylic oxidation sites excluding steroid dienone is 2. The van der Waals surface area contributed by atoms with Crippen LogP contribution in [0.2, 0.25) is 0 Å². The summed E-state index contributed by atoms with van der Waals surface area (Å²) in [5.41, 5.74) is 3.67. The van der Waals surface area contributed by atoms with Crippen molar-refractivity contribution in [3.05, 3.63) is 47.0 Å². The standard InChI is InChI=1S/C18H24O/c1-18(2,3)16-11-9-14(10-12-16)13-17(19)15-7-5-4-6-8-15/h7,9-12H,4-6,8,13H2,1-3H3. The Morgan fingerprint density at radius 3 is 2.32 bits per heavy atom. The molecule has 0 N–H and O–H groups in total. The topological polar surface area (TPSA) is 17.1 Å². The second-order valence-electron chi connectivity index (χ2n) is 6.52. The maximum Gasteiger partial charge on any atom is 0.162 e. The van der Waals surface area contributed by atoms with Crippen LogP contribution in [0.1, 0.15) is 57.6 Å². The third kappa shape index (κ3) is 3.79. The second-order valence-corrected chi connectivity index (χ2v) is 6.52. The third-order valence-corrected chi connectivity index (χ3v) is 3.83. The molecule has 1 aromatic rings. The summed E-state index contributed by atoms with van der Waals surface area (Å²) in [5, 5.41) is 0. The molecule has 0 fully saturated rings. The van der Waals surface area contributed by atoms with E-state index in [1.165, 1.54) is 18.4 Å². The van der Waals surface area contributed by atoms with Crippen LogP contribution in [0.15, 0.2) is 35.9 Å². The number of Topliss-reactive ketones (excluding diaryl/α,β-unsaturated/α-hetero) is 1. The second kappa shape index (κ2) is 5.73. The van der Waals surface area contributed by atoms with Crippen LogP contribution in [-0.4, -0.2) is 5.78 Å². The van der Waals surface area contributed by atoms with Gasteiger partial charge in [-0.05, 0) is 47.8 Å². The first-order valence-electron chi connectivity index (χ1n) is 7.28. The molecule has 0 saturated carbocycles. The normalized spacial score (nSPS) is 16.1. The van der Waals surface area contributed by atoms with Crippen molar-refractivity contribution in [2.45, 2.75) is 58.3 Å². The van der Waals surface area contributed by atoms with Gasteiger partial charge in [-0.1, -0.05) is 51.1 Å². The summed E-state index contributed by atoms with van der Waals surface area (Å²) in [6, 6.07) is 8.50. The van der Waals surface area contributed by atoms with E-state index >= 15 is 0 Å². The van der Waals surface area contributed by atoms with Gasteiger partial charge in [0.15, 0.2) is 5.78 Å². The number of benzene rings is 1. The van der Waals surface area contributed by atoms with E-state index in [0.29, 0.717) is 12.2 Å². The summed E-state index contributed by atoms with van der Waals surface area (Å²) >= 11 is 0. The number of rotatable bonds is 3. The van der Waals surface area contributed by atoms with Gasteiger partial charge in [0.1, 0.15) is 0 Å². The fourth-order valence-electron chi connectivity index (χ4n) is 2.51. The molecule has 0 aromatic heterocycles. The first-order valence-corrected chi connectivity index (χ1v) is 7.28. The Morgan fingerprint density at radius 2 is 1.79 bits per heavy atom. The van der Waals surface area contributed by atoms with Gasteiger partial charge in [-0.2, -0.15) is 0 Å². The highest BCUT2D eigenvalue weighted by Gasteiger charge is 2.15. The number of hydrogen-bond acceptors (Lipinski definition) is 1. The molecule has 0 radical (unpaired) electrons. The van der Waals surface area contributed by atoms with Crippen LogP contribution in [0.4, 0.5) is 0 Å². The van der Waals surface area contributed by atoms with Gasteiger partial charge in [0, 0.05) is 6.42 Å². The number of carbonyl (C=O) groups is 1. The van der Waals surface area contributed by atoms with Crippen molar-refractivity contribution in [1.82, 2.24) is 0 Å². The van der Waals surface area contributed by atoms with Crippen LogP contribution in [0, 0.1) is 0 Å². The van der Waals surface area contributed by atoms with Crippen LogP contribution in [0.5, 0.6) is 0 Å². The molecule has 1 aliphatic carbocycles. The largest absolute Gasteiger partial charge is 0.294 e. The minimum atomic E-state index is 0.175. The Bertz CT molecular complexity index is 471. The first kappa shape index (κ1) is 14.0. The van der Waals surface area contributed by atoms with Crippen LogP contribution < -0.4 is 0 Å². The fourth-order valence-corrected chi connectivity index (χ4v) is 2.51. The van der Waals surface area contributed by atoms with Gasteiger partial charge in [-0.25, -0.2) is 0 Å². The van der Waals surface area contributed by atoms with Crippen molar-refractivity contribution < 1.29 is 4.79 Å². The van der Waals surface area contributed by atoms with E-state index in [1.807, 2.05) is 0 Å². The van der Waals surface area contributed by atoms with Gasteiger partial charge >= 0.3 is 0 Å². The van der Waals surface area contributed by atoms with Gasteiger partial charge in [0.25, 0.3) is 0 Å². The van der Waals surface area contributed by atoms with Crippen molar-refractivity contribution in [1.29, 1.82) is 0 Å². The molecule has 0 spiro atoms. The van der Waals surface area contributed by atoms with Gasteiger partial charge in [0.2, 0.25) is 0 Å². The maximum absolute atomic E-state index is 12.2. The molecule has 0 atom stereocenters. The minimum absolute atomic E-state index is 0.175. The molecule has 2 rings (SSSR count). The van der Waals surface area contributed by atoms with Crippen molar-refractivity contribution >= 4 is 5.78 Å². The molecule has 102 valence electrons. The smallest absolute Gasteiger partial charge is 0.162 e. The van der Waals surface area contributed by atoms with E-state index in [1.54, 1.807) is 0 Å². The number of hydrogen-bond donors (Lipinski definition) is 0. The van der Waals surface area contributed by atoms with E-state index < -0.39 is 0 Å². The van der Waals surface area contributed by atoms with E-state index in [4.69, 9.17) is 0 Å². The molecule has 1 aromatic carbocycles. The van der Waals surface area contributed by atoms with Crippen molar-refractivity contribution in [2.75, 3.05) is 0 Å². The lowest BCUT2D eigenvalue weighted by Crippen LogP contribution is -2.12. The summed E-state index contributed by atoms with van der Waals surface area (Å²) < 4.78 is 0. The Kier molecular flexibility index (Phi) is 4.24. The lowest BCUT2D eigenvalue weighted by molar-refractivity contribution is -0.115. The third-order valence-electron chi connectivity index (χ3n) is 3.83. The predicted octanol–water partition coefficient (Wildman–Crippen LogP) is 4.60. The van der Waals surface area contributed by atoms with E-state index in [0.717, 1.165) is 24.0 Å². The number of carbonyl (C=O) groups excluding carboxylic acids is 1. The van der Waals surface area contributed by atoms with Gasteiger partial charge in [0.05, 0.1) is 0 Å². The Labute approximate surface area is 116 Å². The van der Waals surface area contributed by atoms with Gasteiger partial charge < -0.3 is 0 Å². The molecule has 0 amide bonds. The lowest BCUT2D eigenvalue weighted by Gasteiger charge is -2.19. The van der Waals surface area contributed by atoms with E-state index in [9.17, 15) is 4.79 Å². The highest BCUT2D eigenvalue weighted by molar-refractivity contribution is 5.96. The van der Waals surface area contributed by atoms with Crippen molar-refractivity contribution in [3.63, 3.8) is 0 Å². The van der Waals surface area contributed by atoms with Gasteiger partial charge in [-0.3, -0.25) is 4.79 Å². The van der Waals surface area contributed by atoms with Crippen LogP contribution in [-0.2, 0) is 16.6 Å². The van der Waals surface area contributed by atoms with Gasteiger partial charge in [-0.15, -0.1) is 0 Å². The van der Waals surface area contributed by atoms with Crippen molar-refractivity contribution in [3.8, 4) is 0 Å². The predicted molar refractivity (Wildman–Crippen MR) is 80.4 cm³/mol. The summed E-state index contributed by atoms with van der Waals surface area (Å²) in [5.74, 6) is 0.309. The number of ketones is 1. The first-order chi connectivity index (χ1) is 8.97. The highest BCUT2D eigenvalue weighted by atomic mass is 16.1. The molecular weight excluding hydrogens is 232 g/mol. The van der Waals surface area contributed by atoms with E-state index in [-0.39, 0.29) is 5.41 Å². The molecule has 19 heavy (non-hydrogen) atoms. The monoisotopic (exact) mass is 256 g/mol. The summed E-state index contributed by atoms with van der Waals surface area (Å²) in [6.45, 7) is 6.62. The van der Waals surface area contributed by atoms with Crippen molar-refractivity contribution in [2.24, 2.45) is 0 Å². The van der Waals surface area contributed by atoms with Crippen LogP contribution in [0.25, 0.3) is 0 Å². The summed E-state index contributed by atoms with van der Waals surface area (Å²) in [7, 11) is 0. The molecule has 1 nitrogen and oxygen atoms in total. The average molecular weight is 256 g/mol. The zero-order valence-electron chi connectivity index (χ0n) is 12.3. The molecule has 0 saturated heterocycles. The zero-order chi connectivity index (χ0) is 13.9. The SMILES string of the molecule is CC(C)(C)c1ccc(CC(=O)C2=CCCCC2)cc1. The Balaban J connectivity index is 2.03. The van der Waals surface area contributed by atoms with Crippen LogP contribution in [0.3, 0.4) is 0 Å². The molecule has 0 unspecified atom stereocenters. The highest BCUT2D eigenvalue weighted by Crippen LogP contribution is 2.23. The molecular formula is C18H24O. The fraction of sp³-hybridized carbons (Fsp3) is 0.500. The molecule has 1 aliphatic rings. The van der Waals surface area contributed by atoms with Crippen LogP contribution >= 0.6 is 0 Å². The molecule has 0 bridgehead atoms. The van der Waals surface area contributed by atoms with E-state index in [2.05, 4.69) is 51.1 Å². The lowest BCUT2D eigenvalue weighted by atomic mass is 9.86. The molecule has 0 aliphatic heterocycles. The average Bonchev–Trinajstić information content (AvgIpc) is 2.39. The molecule has 1 heteroatoms. The zero-order valence-corrected chi connectivity index (χ0v) is 12.3.